The van der Waals surface area contributed by atoms with E-state index in [1.165, 1.54) is 0 Å². The highest BCUT2D eigenvalue weighted by Crippen LogP contribution is 2.32. The van der Waals surface area contributed by atoms with Gasteiger partial charge in [-0.3, -0.25) is 14.6 Å². The van der Waals surface area contributed by atoms with Crippen molar-refractivity contribution in [1.29, 1.82) is 0 Å². The Kier molecular flexibility index (Phi) is 7.60. The fourth-order valence-electron chi connectivity index (χ4n) is 5.09. The highest BCUT2D eigenvalue weighted by atomic mass is 16.3. The molecule has 0 radical (unpaired) electrons. The van der Waals surface area contributed by atoms with Crippen molar-refractivity contribution in [2.75, 3.05) is 44.6 Å². The van der Waals surface area contributed by atoms with Crippen molar-refractivity contribution < 1.29 is 14.7 Å². The number of nitrogens with one attached hydrogen (secondary N) is 1. The normalized spacial score (nSPS) is 20.7. The molecule has 7 heteroatoms. The van der Waals surface area contributed by atoms with Crippen LogP contribution in [0.15, 0.2) is 42.7 Å². The fraction of sp³-hybridized carbons (Fsp3) is 0.500. The molecule has 7 nitrogen and oxygen atoms in total. The fourth-order valence-corrected chi connectivity index (χ4v) is 5.09. The lowest BCUT2D eigenvalue weighted by Gasteiger charge is -2.36. The van der Waals surface area contributed by atoms with Gasteiger partial charge in [-0.2, -0.15) is 0 Å². The van der Waals surface area contributed by atoms with Gasteiger partial charge in [0.15, 0.2) is 0 Å². The first-order valence-corrected chi connectivity index (χ1v) is 12.0. The van der Waals surface area contributed by atoms with Crippen molar-refractivity contribution in [3.63, 3.8) is 0 Å². The number of carbonyl (C=O) groups excluding carboxylic acids is 2. The summed E-state index contributed by atoms with van der Waals surface area (Å²) in [7, 11) is 0. The van der Waals surface area contributed by atoms with Crippen molar-refractivity contribution in [2.45, 2.75) is 32.6 Å². The third kappa shape index (κ3) is 5.90. The predicted molar refractivity (Wildman–Crippen MR) is 128 cm³/mol. The van der Waals surface area contributed by atoms with E-state index in [0.717, 1.165) is 62.3 Å². The van der Waals surface area contributed by atoms with Crippen LogP contribution in [0, 0.1) is 18.8 Å². The van der Waals surface area contributed by atoms with E-state index in [0.29, 0.717) is 30.4 Å². The van der Waals surface area contributed by atoms with E-state index in [1.807, 2.05) is 47.1 Å². The molecule has 4 rings (SSSR count). The van der Waals surface area contributed by atoms with Crippen LogP contribution in [0.1, 0.15) is 40.7 Å². The lowest BCUT2D eigenvalue weighted by molar-refractivity contribution is -0.132. The van der Waals surface area contributed by atoms with Gasteiger partial charge in [-0.1, -0.05) is 6.07 Å². The van der Waals surface area contributed by atoms with E-state index in [9.17, 15) is 9.59 Å². The molecule has 0 aliphatic carbocycles. The van der Waals surface area contributed by atoms with Crippen molar-refractivity contribution in [3.8, 4) is 0 Å². The van der Waals surface area contributed by atoms with Crippen LogP contribution in [-0.2, 0) is 11.2 Å². The van der Waals surface area contributed by atoms with E-state index in [2.05, 4.69) is 10.3 Å². The smallest absolute Gasteiger partial charge is 0.253 e. The number of hydrogen-bond acceptors (Lipinski definition) is 5. The van der Waals surface area contributed by atoms with Gasteiger partial charge in [0.2, 0.25) is 5.91 Å². The van der Waals surface area contributed by atoms with Crippen LogP contribution < -0.4 is 5.32 Å². The van der Waals surface area contributed by atoms with Gasteiger partial charge in [-0.05, 0) is 73.4 Å². The Labute approximate surface area is 195 Å². The van der Waals surface area contributed by atoms with E-state index in [1.54, 1.807) is 12.4 Å². The maximum Gasteiger partial charge on any atom is 0.253 e. The number of aromatic nitrogens is 1. The topological polar surface area (TPSA) is 85.8 Å². The molecule has 0 saturated carbocycles. The molecule has 2 N–H and O–H groups in total. The van der Waals surface area contributed by atoms with Crippen LogP contribution in [-0.4, -0.2) is 71.0 Å². The molecule has 176 valence electrons. The van der Waals surface area contributed by atoms with Crippen molar-refractivity contribution >= 4 is 17.5 Å². The lowest BCUT2D eigenvalue weighted by Crippen LogP contribution is -2.43. The molecule has 2 aliphatic heterocycles. The van der Waals surface area contributed by atoms with E-state index < -0.39 is 0 Å². The lowest BCUT2D eigenvalue weighted by atomic mass is 9.84. The van der Waals surface area contributed by atoms with Gasteiger partial charge in [0.1, 0.15) is 0 Å². The number of anilines is 1. The zero-order chi connectivity index (χ0) is 23.2. The Bertz CT molecular complexity index is 962. The second kappa shape index (κ2) is 10.8. The summed E-state index contributed by atoms with van der Waals surface area (Å²) in [6, 6.07) is 9.48. The number of likely N-dealkylation sites (tertiary alicyclic amines) is 2. The largest absolute Gasteiger partial charge is 0.395 e. The molecular weight excluding hydrogens is 416 g/mol. The average molecular weight is 451 g/mol. The number of benzene rings is 1. The monoisotopic (exact) mass is 450 g/mol. The van der Waals surface area contributed by atoms with E-state index in [-0.39, 0.29) is 18.4 Å². The number of nitrogens with zero attached hydrogens (tertiary/aromatic N) is 3. The number of aryl methyl sites for hydroxylation is 1. The molecule has 2 aromatic rings. The number of aliphatic hydroxyl groups excluding tert-OH is 1. The molecular formula is C26H34N4O3. The van der Waals surface area contributed by atoms with Crippen LogP contribution in [0.5, 0.6) is 0 Å². The highest BCUT2D eigenvalue weighted by molar-refractivity contribution is 5.94. The molecule has 3 heterocycles. The minimum atomic E-state index is 0.0712. The van der Waals surface area contributed by atoms with Gasteiger partial charge in [0.25, 0.3) is 5.91 Å². The van der Waals surface area contributed by atoms with Crippen molar-refractivity contribution in [2.24, 2.45) is 11.8 Å². The van der Waals surface area contributed by atoms with Gasteiger partial charge in [0, 0.05) is 56.4 Å². The summed E-state index contributed by atoms with van der Waals surface area (Å²) in [6.45, 7) is 5.70. The van der Waals surface area contributed by atoms with Crippen LogP contribution in [0.4, 0.5) is 5.69 Å². The molecule has 2 aliphatic rings. The quantitative estimate of drug-likeness (QED) is 0.678. The maximum absolute atomic E-state index is 13.0. The molecule has 2 saturated heterocycles. The molecule has 2 unspecified atom stereocenters. The first-order valence-electron chi connectivity index (χ1n) is 12.0. The van der Waals surface area contributed by atoms with E-state index >= 15 is 0 Å². The molecule has 1 aromatic heterocycles. The number of amides is 2. The SMILES string of the molecule is Cc1cncc(CC(=O)N2CCCC(C3CCN(C(=O)c4ccc(NCCO)cc4)C3)C2)c1. The first-order chi connectivity index (χ1) is 16.0. The Hall–Kier alpha value is -2.93. The minimum Gasteiger partial charge on any atom is -0.395 e. The summed E-state index contributed by atoms with van der Waals surface area (Å²) in [6.07, 6.45) is 7.13. The zero-order valence-corrected chi connectivity index (χ0v) is 19.4. The Balaban J connectivity index is 1.31. The number of aliphatic hydroxyl groups is 1. The molecule has 2 amide bonds. The van der Waals surface area contributed by atoms with Crippen LogP contribution >= 0.6 is 0 Å². The number of pyridine rings is 1. The first kappa shape index (κ1) is 23.2. The number of carbonyl (C=O) groups is 2. The van der Waals surface area contributed by atoms with Crippen LogP contribution in [0.2, 0.25) is 0 Å². The molecule has 0 spiro atoms. The Morgan fingerprint density at radius 2 is 1.82 bits per heavy atom. The van der Waals surface area contributed by atoms with Crippen molar-refractivity contribution in [3.05, 3.63) is 59.4 Å². The number of rotatable bonds is 7. The number of piperidine rings is 1. The van der Waals surface area contributed by atoms with Crippen molar-refractivity contribution in [1.82, 2.24) is 14.8 Å². The third-order valence-electron chi connectivity index (χ3n) is 6.85. The minimum absolute atomic E-state index is 0.0712. The standard InChI is InChI=1S/C26H34N4O3/c1-19-13-20(16-27-15-19)14-25(32)29-10-2-3-22(17-29)23-8-11-30(18-23)26(33)21-4-6-24(7-5-21)28-9-12-31/h4-7,13,15-16,22-23,28,31H,2-3,8-12,14,17-18H2,1H3. The molecule has 0 bridgehead atoms. The Morgan fingerprint density at radius 1 is 1.06 bits per heavy atom. The van der Waals surface area contributed by atoms with Gasteiger partial charge < -0.3 is 20.2 Å². The maximum atomic E-state index is 13.0. The van der Waals surface area contributed by atoms with Crippen LogP contribution in [0.25, 0.3) is 0 Å². The summed E-state index contributed by atoms with van der Waals surface area (Å²) in [5.74, 6) is 1.13. The summed E-state index contributed by atoms with van der Waals surface area (Å²) in [5, 5.41) is 12.0. The summed E-state index contributed by atoms with van der Waals surface area (Å²) < 4.78 is 0. The second-order valence-electron chi connectivity index (χ2n) is 9.32. The van der Waals surface area contributed by atoms with E-state index in [4.69, 9.17) is 5.11 Å². The summed E-state index contributed by atoms with van der Waals surface area (Å²) in [5.41, 5.74) is 3.63. The summed E-state index contributed by atoms with van der Waals surface area (Å²) >= 11 is 0. The molecule has 33 heavy (non-hydrogen) atoms. The molecule has 2 atom stereocenters. The molecule has 1 aromatic carbocycles. The summed E-state index contributed by atoms with van der Waals surface area (Å²) in [4.78, 5) is 34.1. The predicted octanol–water partition coefficient (Wildman–Crippen LogP) is 2.74. The number of hydrogen-bond donors (Lipinski definition) is 2. The van der Waals surface area contributed by atoms with Gasteiger partial charge in [-0.25, -0.2) is 0 Å². The van der Waals surface area contributed by atoms with Gasteiger partial charge >= 0.3 is 0 Å². The van der Waals surface area contributed by atoms with Crippen LogP contribution in [0.3, 0.4) is 0 Å². The second-order valence-corrected chi connectivity index (χ2v) is 9.32. The molecule has 2 fully saturated rings. The average Bonchev–Trinajstić information content (AvgIpc) is 3.33. The van der Waals surface area contributed by atoms with Gasteiger partial charge in [-0.15, -0.1) is 0 Å². The Morgan fingerprint density at radius 3 is 2.58 bits per heavy atom. The zero-order valence-electron chi connectivity index (χ0n) is 19.4. The van der Waals surface area contributed by atoms with Gasteiger partial charge in [0.05, 0.1) is 13.0 Å². The third-order valence-corrected chi connectivity index (χ3v) is 6.85. The highest BCUT2D eigenvalue weighted by Gasteiger charge is 2.35.